The van der Waals surface area contributed by atoms with Crippen LogP contribution in [-0.2, 0) is 14.3 Å². The second kappa shape index (κ2) is 14.2. The summed E-state index contributed by atoms with van der Waals surface area (Å²) in [5.74, 6) is 0.327. The van der Waals surface area contributed by atoms with Crippen LogP contribution < -0.4 is 14.8 Å². The fourth-order valence-electron chi connectivity index (χ4n) is 3.88. The van der Waals surface area contributed by atoms with Gasteiger partial charge in [-0.3, -0.25) is 9.59 Å². The first-order chi connectivity index (χ1) is 14.9. The third-order valence-electron chi connectivity index (χ3n) is 5.35. The summed E-state index contributed by atoms with van der Waals surface area (Å²) < 4.78 is 21.6. The van der Waals surface area contributed by atoms with Crippen molar-refractivity contribution in [3.63, 3.8) is 0 Å². The number of amides is 1. The summed E-state index contributed by atoms with van der Waals surface area (Å²) in [6.07, 6.45) is 1.36. The Morgan fingerprint density at radius 1 is 1.19 bits per heavy atom. The predicted octanol–water partition coefficient (Wildman–Crippen LogP) is 2.92. The fraction of sp³-hybridized carbons (Fsp3) is 0.652. The minimum absolute atomic E-state index is 0. The Morgan fingerprint density at radius 2 is 1.94 bits per heavy atom. The predicted molar refractivity (Wildman–Crippen MR) is 125 cm³/mol. The summed E-state index contributed by atoms with van der Waals surface area (Å²) in [6.45, 7) is 8.35. The average molecular weight is 473 g/mol. The maximum absolute atomic E-state index is 13.6. The lowest BCUT2D eigenvalue weighted by Gasteiger charge is -2.41. The molecule has 1 heterocycles. The van der Waals surface area contributed by atoms with Gasteiger partial charge in [0.25, 0.3) is 5.91 Å². The van der Waals surface area contributed by atoms with Crippen LogP contribution in [0.15, 0.2) is 18.2 Å². The van der Waals surface area contributed by atoms with Crippen LogP contribution in [0.3, 0.4) is 0 Å². The molecule has 9 heteroatoms. The third kappa shape index (κ3) is 7.25. The number of hydrogen-bond acceptors (Lipinski definition) is 7. The van der Waals surface area contributed by atoms with Gasteiger partial charge in [0.05, 0.1) is 32.3 Å². The maximum atomic E-state index is 13.6. The van der Waals surface area contributed by atoms with Crippen molar-refractivity contribution < 1.29 is 28.5 Å². The Bertz CT molecular complexity index is 730. The van der Waals surface area contributed by atoms with E-state index in [4.69, 9.17) is 18.9 Å². The summed E-state index contributed by atoms with van der Waals surface area (Å²) >= 11 is 0. The van der Waals surface area contributed by atoms with E-state index < -0.39 is 0 Å². The highest BCUT2D eigenvalue weighted by Crippen LogP contribution is 2.30. The van der Waals surface area contributed by atoms with Gasteiger partial charge in [-0.2, -0.15) is 0 Å². The van der Waals surface area contributed by atoms with Gasteiger partial charge in [-0.1, -0.05) is 0 Å². The smallest absolute Gasteiger partial charge is 0.311 e. The number of esters is 1. The van der Waals surface area contributed by atoms with Crippen molar-refractivity contribution >= 4 is 24.3 Å². The Balaban J connectivity index is 0.00000512. The second-order valence-electron chi connectivity index (χ2n) is 7.79. The van der Waals surface area contributed by atoms with Crippen molar-refractivity contribution in [2.75, 3.05) is 47.1 Å². The molecule has 1 aromatic rings. The molecule has 0 bridgehead atoms. The normalized spacial score (nSPS) is 17.9. The second-order valence-corrected chi connectivity index (χ2v) is 7.79. The first-order valence-corrected chi connectivity index (χ1v) is 10.9. The lowest BCUT2D eigenvalue weighted by atomic mass is 9.90. The molecule has 1 aliphatic heterocycles. The molecule has 2 atom stereocenters. The lowest BCUT2D eigenvalue weighted by molar-refractivity contribution is -0.151. The summed E-state index contributed by atoms with van der Waals surface area (Å²) in [4.78, 5) is 27.9. The lowest BCUT2D eigenvalue weighted by Crippen LogP contribution is -2.57. The molecule has 2 rings (SSSR count). The van der Waals surface area contributed by atoms with E-state index in [0.29, 0.717) is 49.8 Å². The van der Waals surface area contributed by atoms with Gasteiger partial charge in [0.2, 0.25) is 0 Å². The van der Waals surface area contributed by atoms with Crippen molar-refractivity contribution in [3.8, 4) is 11.5 Å². The van der Waals surface area contributed by atoms with E-state index in [2.05, 4.69) is 5.32 Å². The van der Waals surface area contributed by atoms with Crippen LogP contribution in [0.25, 0.3) is 0 Å². The van der Waals surface area contributed by atoms with Gasteiger partial charge < -0.3 is 29.2 Å². The summed E-state index contributed by atoms with van der Waals surface area (Å²) in [5, 5.41) is 3.31. The Labute approximate surface area is 197 Å². The first kappa shape index (κ1) is 28.0. The monoisotopic (exact) mass is 472 g/mol. The zero-order valence-corrected chi connectivity index (χ0v) is 20.5. The van der Waals surface area contributed by atoms with E-state index in [1.54, 1.807) is 44.2 Å². The maximum Gasteiger partial charge on any atom is 0.311 e. The summed E-state index contributed by atoms with van der Waals surface area (Å²) in [7, 11) is 3.21. The molecule has 1 fully saturated rings. The fourth-order valence-corrected chi connectivity index (χ4v) is 3.88. The Kier molecular flexibility index (Phi) is 12.4. The molecule has 1 saturated heterocycles. The van der Waals surface area contributed by atoms with E-state index in [9.17, 15) is 9.59 Å². The van der Waals surface area contributed by atoms with E-state index in [0.717, 1.165) is 13.0 Å². The summed E-state index contributed by atoms with van der Waals surface area (Å²) in [5.41, 5.74) is 0.490. The van der Waals surface area contributed by atoms with Crippen molar-refractivity contribution in [2.45, 2.75) is 45.7 Å². The topological polar surface area (TPSA) is 86.3 Å². The van der Waals surface area contributed by atoms with Gasteiger partial charge in [-0.15, -0.1) is 12.4 Å². The third-order valence-corrected chi connectivity index (χ3v) is 5.35. The van der Waals surface area contributed by atoms with Crippen LogP contribution in [0, 0.1) is 5.92 Å². The molecule has 0 spiro atoms. The van der Waals surface area contributed by atoms with Crippen LogP contribution in [-0.4, -0.2) is 76.0 Å². The first-order valence-electron chi connectivity index (χ1n) is 10.9. The average Bonchev–Trinajstić information content (AvgIpc) is 2.77. The highest BCUT2D eigenvalue weighted by molar-refractivity contribution is 5.95. The van der Waals surface area contributed by atoms with Crippen molar-refractivity contribution in [3.05, 3.63) is 23.8 Å². The largest absolute Gasteiger partial charge is 0.493 e. The van der Waals surface area contributed by atoms with Gasteiger partial charge in [0.15, 0.2) is 11.5 Å². The zero-order valence-electron chi connectivity index (χ0n) is 19.7. The molecule has 0 saturated carbocycles. The Hall–Kier alpha value is -2.03. The highest BCUT2D eigenvalue weighted by Gasteiger charge is 2.39. The number of carbonyl (C=O) groups is 2. The minimum atomic E-state index is -0.351. The van der Waals surface area contributed by atoms with Crippen molar-refractivity contribution in [2.24, 2.45) is 5.92 Å². The number of halogens is 1. The zero-order chi connectivity index (χ0) is 22.8. The number of benzene rings is 1. The van der Waals surface area contributed by atoms with Gasteiger partial charge in [-0.25, -0.2) is 0 Å². The van der Waals surface area contributed by atoms with Gasteiger partial charge in [0, 0.05) is 38.3 Å². The van der Waals surface area contributed by atoms with Gasteiger partial charge in [0.1, 0.15) is 0 Å². The SMILES string of the molecule is CCOC(=O)C1CCNCC1N(C(=O)c1ccc(OC)c(OCCCOC)c1)C(C)C.Cl. The Morgan fingerprint density at radius 3 is 2.56 bits per heavy atom. The van der Waals surface area contributed by atoms with Crippen LogP contribution in [0.2, 0.25) is 0 Å². The molecular weight excluding hydrogens is 436 g/mol. The van der Waals surface area contributed by atoms with Gasteiger partial charge >= 0.3 is 5.97 Å². The van der Waals surface area contributed by atoms with E-state index in [1.807, 2.05) is 13.8 Å². The molecule has 182 valence electrons. The van der Waals surface area contributed by atoms with Crippen molar-refractivity contribution in [1.29, 1.82) is 0 Å². The number of hydrogen-bond donors (Lipinski definition) is 1. The number of rotatable bonds is 11. The number of piperidine rings is 1. The number of nitrogens with zero attached hydrogens (tertiary/aromatic N) is 1. The van der Waals surface area contributed by atoms with Crippen LogP contribution in [0.1, 0.15) is 44.0 Å². The molecule has 0 aromatic heterocycles. The molecule has 8 nitrogen and oxygen atoms in total. The number of carbonyl (C=O) groups excluding carboxylic acids is 2. The highest BCUT2D eigenvalue weighted by atomic mass is 35.5. The number of nitrogens with one attached hydrogen (secondary N) is 1. The molecule has 1 aliphatic rings. The molecule has 1 N–H and O–H groups in total. The molecule has 32 heavy (non-hydrogen) atoms. The van der Waals surface area contributed by atoms with E-state index in [-0.39, 0.29) is 42.3 Å². The van der Waals surface area contributed by atoms with Crippen molar-refractivity contribution in [1.82, 2.24) is 10.2 Å². The molecule has 0 radical (unpaired) electrons. The molecule has 2 unspecified atom stereocenters. The quantitative estimate of drug-likeness (QED) is 0.391. The molecular formula is C23H37ClN2O6. The van der Waals surface area contributed by atoms with Crippen LogP contribution in [0.5, 0.6) is 11.5 Å². The number of ether oxygens (including phenoxy) is 4. The van der Waals surface area contributed by atoms with E-state index in [1.165, 1.54) is 0 Å². The number of methoxy groups -OCH3 is 2. The molecule has 0 aliphatic carbocycles. The standard InChI is InChI=1S/C23H36N2O6.ClH/c1-6-30-23(27)18-10-11-24-15-19(18)25(16(2)3)22(26)17-8-9-20(29-5)21(14-17)31-13-7-12-28-4;/h8-9,14,16,18-19,24H,6-7,10-13,15H2,1-5H3;1H. The minimum Gasteiger partial charge on any atom is -0.493 e. The van der Waals surface area contributed by atoms with Crippen LogP contribution in [0.4, 0.5) is 0 Å². The van der Waals surface area contributed by atoms with Crippen LogP contribution >= 0.6 is 12.4 Å². The molecule has 1 amide bonds. The van der Waals surface area contributed by atoms with E-state index >= 15 is 0 Å². The summed E-state index contributed by atoms with van der Waals surface area (Å²) in [6, 6.07) is 4.79. The van der Waals surface area contributed by atoms with Gasteiger partial charge in [-0.05, 0) is 51.9 Å². The molecule has 1 aromatic carbocycles.